The van der Waals surface area contributed by atoms with E-state index in [-0.39, 0.29) is 0 Å². The van der Waals surface area contributed by atoms with E-state index in [1.165, 1.54) is 5.56 Å². The van der Waals surface area contributed by atoms with Crippen LogP contribution in [0.2, 0.25) is 0 Å². The molecule has 0 amide bonds. The fourth-order valence-corrected chi connectivity index (χ4v) is 1.86. The smallest absolute Gasteiger partial charge is 0.0705 e. The monoisotopic (exact) mass is 224 g/mol. The number of hydrogen-bond acceptors (Lipinski definition) is 2. The fourth-order valence-electron chi connectivity index (χ4n) is 1.86. The van der Waals surface area contributed by atoms with Gasteiger partial charge in [-0.3, -0.25) is 9.98 Å². The first kappa shape index (κ1) is 11.5. The zero-order chi connectivity index (χ0) is 12.3. The largest absolute Gasteiger partial charge is 0.296 e. The lowest BCUT2D eigenvalue weighted by Gasteiger charge is -2.04. The Morgan fingerprint density at radius 3 is 2.76 bits per heavy atom. The lowest BCUT2D eigenvalue weighted by molar-refractivity contribution is 1.25. The van der Waals surface area contributed by atoms with E-state index in [9.17, 15) is 0 Å². The van der Waals surface area contributed by atoms with Crippen LogP contribution in [0.3, 0.4) is 0 Å². The molecule has 0 aliphatic carbocycles. The van der Waals surface area contributed by atoms with Gasteiger partial charge in [0.15, 0.2) is 0 Å². The van der Waals surface area contributed by atoms with E-state index in [1.54, 1.807) is 7.05 Å². The van der Waals surface area contributed by atoms with Gasteiger partial charge < -0.3 is 0 Å². The molecule has 0 bridgehead atoms. The van der Waals surface area contributed by atoms with Gasteiger partial charge in [-0.25, -0.2) is 0 Å². The van der Waals surface area contributed by atoms with Gasteiger partial charge in [0.05, 0.1) is 5.52 Å². The van der Waals surface area contributed by atoms with Crippen molar-refractivity contribution < 1.29 is 0 Å². The normalized spacial score (nSPS) is 12.5. The minimum absolute atomic E-state index is 1.04. The number of aryl methyl sites for hydroxylation is 1. The van der Waals surface area contributed by atoms with E-state index in [2.05, 4.69) is 40.3 Å². The SMILES string of the molecule is C/C=C(\C=NC)c1ccc2nc(C)ccc2c1. The Morgan fingerprint density at radius 1 is 1.24 bits per heavy atom. The van der Waals surface area contributed by atoms with Crippen molar-refractivity contribution in [2.24, 2.45) is 4.99 Å². The number of hydrogen-bond donors (Lipinski definition) is 0. The summed E-state index contributed by atoms with van der Waals surface area (Å²) in [5.41, 5.74) is 4.40. The summed E-state index contributed by atoms with van der Waals surface area (Å²) < 4.78 is 0. The summed E-state index contributed by atoms with van der Waals surface area (Å²) in [4.78, 5) is 8.56. The minimum Gasteiger partial charge on any atom is -0.296 e. The summed E-state index contributed by atoms with van der Waals surface area (Å²) in [6.45, 7) is 4.03. The highest BCUT2D eigenvalue weighted by Gasteiger charge is 2.01. The Bertz CT molecular complexity index is 595. The predicted molar refractivity (Wildman–Crippen MR) is 74.5 cm³/mol. The van der Waals surface area contributed by atoms with Crippen LogP contribution in [0.5, 0.6) is 0 Å². The molecular weight excluding hydrogens is 208 g/mol. The van der Waals surface area contributed by atoms with Gasteiger partial charge in [-0.15, -0.1) is 0 Å². The van der Waals surface area contributed by atoms with E-state index in [4.69, 9.17) is 0 Å². The van der Waals surface area contributed by atoms with Crippen LogP contribution in [0.15, 0.2) is 41.4 Å². The Morgan fingerprint density at radius 2 is 2.06 bits per heavy atom. The molecule has 2 rings (SSSR count). The summed E-state index contributed by atoms with van der Waals surface area (Å²) in [6, 6.07) is 10.4. The second-order valence-corrected chi connectivity index (χ2v) is 3.99. The van der Waals surface area contributed by atoms with Crippen molar-refractivity contribution in [1.82, 2.24) is 4.98 Å². The number of nitrogens with zero attached hydrogens (tertiary/aromatic N) is 2. The number of fused-ring (bicyclic) bond motifs is 1. The van der Waals surface area contributed by atoms with Crippen LogP contribution in [-0.4, -0.2) is 18.2 Å². The molecule has 0 N–H and O–H groups in total. The summed E-state index contributed by atoms with van der Waals surface area (Å²) in [5, 5.41) is 1.16. The zero-order valence-corrected chi connectivity index (χ0v) is 10.4. The molecule has 2 heteroatoms. The average Bonchev–Trinajstić information content (AvgIpc) is 2.35. The number of allylic oxidation sites excluding steroid dienone is 2. The molecule has 0 unspecified atom stereocenters. The highest BCUT2D eigenvalue weighted by Crippen LogP contribution is 2.19. The maximum atomic E-state index is 4.49. The van der Waals surface area contributed by atoms with Crippen LogP contribution in [0.1, 0.15) is 18.2 Å². The molecule has 0 atom stereocenters. The lowest BCUT2D eigenvalue weighted by atomic mass is 10.0. The van der Waals surface area contributed by atoms with E-state index in [0.29, 0.717) is 0 Å². The van der Waals surface area contributed by atoms with Crippen molar-refractivity contribution in [3.63, 3.8) is 0 Å². The Labute approximate surface area is 102 Å². The highest BCUT2D eigenvalue weighted by molar-refractivity contribution is 6.10. The molecule has 0 radical (unpaired) electrons. The van der Waals surface area contributed by atoms with E-state index < -0.39 is 0 Å². The third-order valence-corrected chi connectivity index (χ3v) is 2.74. The molecule has 86 valence electrons. The van der Waals surface area contributed by atoms with Gasteiger partial charge in [0, 0.05) is 24.3 Å². The van der Waals surface area contributed by atoms with Crippen molar-refractivity contribution in [1.29, 1.82) is 0 Å². The summed E-state index contributed by atoms with van der Waals surface area (Å²) in [7, 11) is 1.79. The summed E-state index contributed by atoms with van der Waals surface area (Å²) in [5.74, 6) is 0. The van der Waals surface area contributed by atoms with Crippen molar-refractivity contribution in [3.05, 3.63) is 47.7 Å². The molecule has 1 heterocycles. The van der Waals surface area contributed by atoms with E-state index in [1.807, 2.05) is 26.1 Å². The molecule has 0 aliphatic heterocycles. The molecule has 0 spiro atoms. The number of pyridine rings is 1. The number of aromatic nitrogens is 1. The molecule has 0 saturated heterocycles. The molecule has 17 heavy (non-hydrogen) atoms. The first-order valence-electron chi connectivity index (χ1n) is 5.71. The van der Waals surface area contributed by atoms with Crippen LogP contribution in [0.25, 0.3) is 16.5 Å². The van der Waals surface area contributed by atoms with Gasteiger partial charge >= 0.3 is 0 Å². The zero-order valence-electron chi connectivity index (χ0n) is 10.4. The molecule has 1 aromatic heterocycles. The molecule has 1 aromatic carbocycles. The molecule has 2 nitrogen and oxygen atoms in total. The quantitative estimate of drug-likeness (QED) is 0.715. The van der Waals surface area contributed by atoms with Crippen molar-refractivity contribution >= 4 is 22.7 Å². The first-order valence-corrected chi connectivity index (χ1v) is 5.71. The fraction of sp³-hybridized carbons (Fsp3) is 0.200. The van der Waals surface area contributed by atoms with Crippen LogP contribution in [-0.2, 0) is 0 Å². The van der Waals surface area contributed by atoms with E-state index >= 15 is 0 Å². The highest BCUT2D eigenvalue weighted by atomic mass is 14.7. The van der Waals surface area contributed by atoms with Crippen LogP contribution in [0, 0.1) is 6.92 Å². The maximum Gasteiger partial charge on any atom is 0.0705 e. The molecule has 2 aromatic rings. The molecular formula is C15H16N2. The summed E-state index contributed by atoms with van der Waals surface area (Å²) in [6.07, 6.45) is 3.94. The second kappa shape index (κ2) is 4.91. The molecule has 0 aliphatic rings. The maximum absolute atomic E-state index is 4.49. The van der Waals surface area contributed by atoms with Gasteiger partial charge in [0.25, 0.3) is 0 Å². The topological polar surface area (TPSA) is 25.2 Å². The van der Waals surface area contributed by atoms with Crippen LogP contribution in [0.4, 0.5) is 0 Å². The first-order chi connectivity index (χ1) is 8.24. The minimum atomic E-state index is 1.04. The van der Waals surface area contributed by atoms with Crippen molar-refractivity contribution in [3.8, 4) is 0 Å². The predicted octanol–water partition coefficient (Wildman–Crippen LogP) is 3.65. The second-order valence-electron chi connectivity index (χ2n) is 3.99. The van der Waals surface area contributed by atoms with Gasteiger partial charge in [0.1, 0.15) is 0 Å². The standard InChI is InChI=1S/C15H16N2/c1-4-12(10-16-3)13-7-8-15-14(9-13)6-5-11(2)17-15/h4-10H,1-3H3/b12-4+,16-10?. The van der Waals surface area contributed by atoms with Crippen molar-refractivity contribution in [2.75, 3.05) is 7.05 Å². The van der Waals surface area contributed by atoms with Crippen LogP contribution >= 0.6 is 0 Å². The van der Waals surface area contributed by atoms with Gasteiger partial charge in [-0.05, 0) is 43.2 Å². The third-order valence-electron chi connectivity index (χ3n) is 2.74. The van der Waals surface area contributed by atoms with Gasteiger partial charge in [-0.2, -0.15) is 0 Å². The average molecular weight is 224 g/mol. The van der Waals surface area contributed by atoms with Gasteiger partial charge in [0.2, 0.25) is 0 Å². The molecule has 0 fully saturated rings. The number of benzene rings is 1. The van der Waals surface area contributed by atoms with Crippen LogP contribution < -0.4 is 0 Å². The third kappa shape index (κ3) is 2.41. The van der Waals surface area contributed by atoms with Gasteiger partial charge in [-0.1, -0.05) is 18.2 Å². The Balaban J connectivity index is 2.55. The number of rotatable bonds is 2. The molecule has 0 saturated carbocycles. The summed E-state index contributed by atoms with van der Waals surface area (Å²) >= 11 is 0. The van der Waals surface area contributed by atoms with E-state index in [0.717, 1.165) is 22.2 Å². The number of aliphatic imine (C=N–C) groups is 1. The lowest BCUT2D eigenvalue weighted by Crippen LogP contribution is -1.88. The Hall–Kier alpha value is -1.96. The van der Waals surface area contributed by atoms with Crippen molar-refractivity contribution in [2.45, 2.75) is 13.8 Å². The Kier molecular flexibility index (Phi) is 3.33.